The van der Waals surface area contributed by atoms with Crippen molar-refractivity contribution in [3.63, 3.8) is 0 Å². The molecule has 0 aromatic carbocycles. The lowest BCUT2D eigenvalue weighted by Crippen LogP contribution is -2.50. The highest BCUT2D eigenvalue weighted by Gasteiger charge is 2.22. The maximum absolute atomic E-state index is 11.8. The van der Waals surface area contributed by atoms with Gasteiger partial charge in [0.25, 0.3) is 0 Å². The fourth-order valence-corrected chi connectivity index (χ4v) is 1.37. The summed E-state index contributed by atoms with van der Waals surface area (Å²) in [7, 11) is 1.37. The molecule has 7 heteroatoms. The summed E-state index contributed by atoms with van der Waals surface area (Å²) in [6.45, 7) is 2.41. The van der Waals surface area contributed by atoms with E-state index in [1.807, 2.05) is 6.92 Å². The Bertz CT molecular complexity index is 260. The predicted molar refractivity (Wildman–Crippen MR) is 65.4 cm³/mol. The molecule has 0 aromatic heterocycles. The van der Waals surface area contributed by atoms with Crippen molar-refractivity contribution >= 4 is 12.0 Å². The summed E-state index contributed by atoms with van der Waals surface area (Å²) >= 11 is 0. The number of urea groups is 1. The van der Waals surface area contributed by atoms with Gasteiger partial charge in [0, 0.05) is 20.2 Å². The number of aliphatic hydroxyl groups excluding tert-OH is 1. The molecule has 0 radical (unpaired) electrons. The van der Waals surface area contributed by atoms with Crippen LogP contribution in [0.5, 0.6) is 0 Å². The van der Waals surface area contributed by atoms with Crippen LogP contribution in [-0.4, -0.2) is 66.6 Å². The highest BCUT2D eigenvalue weighted by Crippen LogP contribution is 1.97. The number of carboxylic acids is 1. The van der Waals surface area contributed by atoms with Crippen molar-refractivity contribution in [2.75, 3.05) is 33.4 Å². The van der Waals surface area contributed by atoms with E-state index >= 15 is 0 Å². The van der Waals surface area contributed by atoms with E-state index in [4.69, 9.17) is 14.9 Å². The highest BCUT2D eigenvalue weighted by atomic mass is 16.5. The largest absolute Gasteiger partial charge is 0.480 e. The Balaban J connectivity index is 4.40. The van der Waals surface area contributed by atoms with Crippen LogP contribution in [0.2, 0.25) is 0 Å². The second-order valence-corrected chi connectivity index (χ2v) is 3.86. The number of nitrogens with zero attached hydrogens (tertiary/aromatic N) is 1. The molecule has 18 heavy (non-hydrogen) atoms. The first-order chi connectivity index (χ1) is 8.56. The summed E-state index contributed by atoms with van der Waals surface area (Å²) in [6.07, 6.45) is 1.71. The third kappa shape index (κ3) is 6.41. The van der Waals surface area contributed by atoms with Crippen LogP contribution in [0, 0.1) is 0 Å². The number of rotatable bonds is 9. The Morgan fingerprint density at radius 1 is 1.39 bits per heavy atom. The molecule has 1 unspecified atom stereocenters. The van der Waals surface area contributed by atoms with Gasteiger partial charge in [-0.05, 0) is 6.42 Å². The Kier molecular flexibility index (Phi) is 8.95. The van der Waals surface area contributed by atoms with Gasteiger partial charge in [0.1, 0.15) is 0 Å². The molecule has 0 spiro atoms. The van der Waals surface area contributed by atoms with E-state index in [0.29, 0.717) is 6.54 Å². The molecule has 2 amide bonds. The molecule has 3 N–H and O–H groups in total. The average molecular weight is 262 g/mol. The molecule has 0 heterocycles. The molecule has 0 saturated heterocycles. The number of aliphatic carboxylic acids is 1. The van der Waals surface area contributed by atoms with Gasteiger partial charge in [-0.1, -0.05) is 13.3 Å². The van der Waals surface area contributed by atoms with Gasteiger partial charge in [0.05, 0.1) is 13.2 Å². The summed E-state index contributed by atoms with van der Waals surface area (Å²) in [5.41, 5.74) is 0. The molecule has 0 aliphatic rings. The molecule has 7 nitrogen and oxygen atoms in total. The van der Waals surface area contributed by atoms with Crippen molar-refractivity contribution in [1.82, 2.24) is 10.2 Å². The summed E-state index contributed by atoms with van der Waals surface area (Å²) in [5.74, 6) is -1.15. The number of ether oxygens (including phenoxy) is 1. The van der Waals surface area contributed by atoms with Crippen LogP contribution in [-0.2, 0) is 9.53 Å². The van der Waals surface area contributed by atoms with Gasteiger partial charge in [0.2, 0.25) is 0 Å². The van der Waals surface area contributed by atoms with Crippen molar-refractivity contribution in [1.29, 1.82) is 0 Å². The summed E-state index contributed by atoms with van der Waals surface area (Å²) in [6, 6.07) is -1.58. The van der Waals surface area contributed by atoms with Crippen LogP contribution in [0.15, 0.2) is 0 Å². The number of unbranched alkanes of at least 4 members (excludes halogenated alkanes) is 1. The predicted octanol–water partition coefficient (Wildman–Crippen LogP) is -0.110. The quantitative estimate of drug-likeness (QED) is 0.538. The van der Waals surface area contributed by atoms with E-state index in [1.54, 1.807) is 0 Å². The molecule has 0 fully saturated rings. The second kappa shape index (κ2) is 9.67. The molecule has 0 bridgehead atoms. The zero-order valence-electron chi connectivity index (χ0n) is 10.9. The maximum Gasteiger partial charge on any atom is 0.328 e. The van der Waals surface area contributed by atoms with Crippen LogP contribution >= 0.6 is 0 Å². The highest BCUT2D eigenvalue weighted by molar-refractivity contribution is 5.82. The number of carbonyl (C=O) groups excluding carboxylic acids is 1. The zero-order chi connectivity index (χ0) is 14.0. The van der Waals surface area contributed by atoms with E-state index in [1.165, 1.54) is 12.0 Å². The molecule has 0 aliphatic carbocycles. The summed E-state index contributed by atoms with van der Waals surface area (Å²) < 4.78 is 4.72. The van der Waals surface area contributed by atoms with Gasteiger partial charge >= 0.3 is 12.0 Å². The van der Waals surface area contributed by atoms with Crippen LogP contribution in [0.1, 0.15) is 19.8 Å². The SMILES string of the molecule is CCCCN(CCO)C(=O)NC(COC)C(=O)O. The number of nitrogens with one attached hydrogen (secondary N) is 1. The Hall–Kier alpha value is -1.34. The number of carbonyl (C=O) groups is 2. The lowest BCUT2D eigenvalue weighted by Gasteiger charge is -2.24. The smallest absolute Gasteiger partial charge is 0.328 e. The lowest BCUT2D eigenvalue weighted by atomic mass is 10.3. The van der Waals surface area contributed by atoms with Crippen LogP contribution in [0.25, 0.3) is 0 Å². The van der Waals surface area contributed by atoms with Gasteiger partial charge in [-0.15, -0.1) is 0 Å². The monoisotopic (exact) mass is 262 g/mol. The van der Waals surface area contributed by atoms with Crippen molar-refractivity contribution in [2.24, 2.45) is 0 Å². The maximum atomic E-state index is 11.8. The number of hydrogen-bond donors (Lipinski definition) is 3. The van der Waals surface area contributed by atoms with Crippen molar-refractivity contribution in [3.05, 3.63) is 0 Å². The first-order valence-corrected chi connectivity index (χ1v) is 5.94. The molecule has 0 saturated carbocycles. The number of methoxy groups -OCH3 is 1. The van der Waals surface area contributed by atoms with E-state index in [9.17, 15) is 9.59 Å². The van der Waals surface area contributed by atoms with Crippen molar-refractivity contribution in [2.45, 2.75) is 25.8 Å². The summed E-state index contributed by atoms with van der Waals surface area (Å²) in [4.78, 5) is 24.1. The number of aliphatic hydroxyl groups is 1. The first-order valence-electron chi connectivity index (χ1n) is 5.94. The molecule has 0 aliphatic heterocycles. The van der Waals surface area contributed by atoms with Crippen molar-refractivity contribution in [3.8, 4) is 0 Å². The third-order valence-electron chi connectivity index (χ3n) is 2.37. The minimum Gasteiger partial charge on any atom is -0.480 e. The van der Waals surface area contributed by atoms with Gasteiger partial charge in [-0.3, -0.25) is 0 Å². The molecule has 1 atom stereocenters. The van der Waals surface area contributed by atoms with Gasteiger partial charge in [0.15, 0.2) is 6.04 Å². The average Bonchev–Trinajstić information content (AvgIpc) is 2.33. The van der Waals surface area contributed by atoms with Gasteiger partial charge in [-0.2, -0.15) is 0 Å². The number of hydrogen-bond acceptors (Lipinski definition) is 4. The molecular formula is C11H22N2O5. The topological polar surface area (TPSA) is 99.1 Å². The van der Waals surface area contributed by atoms with E-state index in [2.05, 4.69) is 5.32 Å². The lowest BCUT2D eigenvalue weighted by molar-refractivity contribution is -0.140. The van der Waals surface area contributed by atoms with Crippen LogP contribution in [0.3, 0.4) is 0 Å². The van der Waals surface area contributed by atoms with Gasteiger partial charge < -0.3 is 25.2 Å². The molecular weight excluding hydrogens is 240 g/mol. The Morgan fingerprint density at radius 3 is 2.50 bits per heavy atom. The van der Waals surface area contributed by atoms with E-state index in [-0.39, 0.29) is 19.8 Å². The molecule has 106 valence electrons. The fourth-order valence-electron chi connectivity index (χ4n) is 1.37. The van der Waals surface area contributed by atoms with E-state index in [0.717, 1.165) is 12.8 Å². The molecule has 0 aromatic rings. The summed E-state index contributed by atoms with van der Waals surface area (Å²) in [5, 5.41) is 20.1. The Labute approximate surface area is 107 Å². The molecule has 0 rings (SSSR count). The van der Waals surface area contributed by atoms with Crippen molar-refractivity contribution < 1.29 is 24.5 Å². The van der Waals surface area contributed by atoms with E-state index < -0.39 is 18.0 Å². The third-order valence-corrected chi connectivity index (χ3v) is 2.37. The normalized spacial score (nSPS) is 11.9. The Morgan fingerprint density at radius 2 is 2.06 bits per heavy atom. The second-order valence-electron chi connectivity index (χ2n) is 3.86. The van der Waals surface area contributed by atoms with Crippen LogP contribution < -0.4 is 5.32 Å². The number of amides is 2. The van der Waals surface area contributed by atoms with Gasteiger partial charge in [-0.25, -0.2) is 9.59 Å². The standard InChI is InChI=1S/C11H22N2O5/c1-3-4-5-13(6-7-14)11(17)12-9(8-18-2)10(15)16/h9,14H,3-8H2,1-2H3,(H,12,17)(H,15,16). The van der Waals surface area contributed by atoms with Crippen LogP contribution in [0.4, 0.5) is 4.79 Å². The first kappa shape index (κ1) is 16.7. The number of carboxylic acid groups (broad SMARTS) is 1. The minimum atomic E-state index is -1.15. The minimum absolute atomic E-state index is 0.0954. The zero-order valence-corrected chi connectivity index (χ0v) is 10.9. The fraction of sp³-hybridized carbons (Fsp3) is 0.818.